The van der Waals surface area contributed by atoms with E-state index >= 15 is 0 Å². The fraction of sp³-hybridized carbons (Fsp3) is 0. The van der Waals surface area contributed by atoms with Crippen LogP contribution < -0.4 is 4.90 Å². The summed E-state index contributed by atoms with van der Waals surface area (Å²) in [5.74, 6) is -3.81. The fourth-order valence-electron chi connectivity index (χ4n) is 2.55. The molecular weight excluding hydrogens is 331 g/mol. The average molecular weight is 343 g/mol. The Kier molecular flexibility index (Phi) is 4.43. The number of para-hydroxylation sites is 3. The van der Waals surface area contributed by atoms with Gasteiger partial charge in [-0.2, -0.15) is 0 Å². The van der Waals surface area contributed by atoms with Crippen LogP contribution in [-0.2, 0) is 0 Å². The first-order valence-electron chi connectivity index (χ1n) is 7.31. The summed E-state index contributed by atoms with van der Waals surface area (Å²) in [5.41, 5.74) is -1.18. The minimum absolute atomic E-state index is 0.166. The van der Waals surface area contributed by atoms with Crippen LogP contribution in [0.2, 0.25) is 0 Å². The monoisotopic (exact) mass is 343 g/mol. The van der Waals surface area contributed by atoms with Crippen molar-refractivity contribution in [1.82, 2.24) is 0 Å². The number of hydrogen-bond acceptors (Lipinski definition) is 2. The molecule has 6 heteroatoms. The van der Waals surface area contributed by atoms with E-state index in [4.69, 9.17) is 0 Å². The number of carboxylic acids is 1. The number of carbonyl (C=O) groups is 1. The first-order chi connectivity index (χ1) is 12.0. The van der Waals surface area contributed by atoms with Crippen molar-refractivity contribution in [3.63, 3.8) is 0 Å². The standard InChI is InChI=1S/C19H12F3NO2/c20-13-7-1-3-10-16(13)23(17-11-4-2-8-14(17)21)18-12(19(24)25)6-5-9-15(18)22/h1-11H,(H,24,25). The van der Waals surface area contributed by atoms with Gasteiger partial charge in [0.15, 0.2) is 0 Å². The van der Waals surface area contributed by atoms with Gasteiger partial charge in [0.05, 0.1) is 22.6 Å². The molecule has 0 aliphatic heterocycles. The molecule has 1 N–H and O–H groups in total. The number of halogens is 3. The maximum Gasteiger partial charge on any atom is 0.337 e. The second-order valence-electron chi connectivity index (χ2n) is 5.18. The van der Waals surface area contributed by atoms with Gasteiger partial charge in [0.2, 0.25) is 0 Å². The Bertz CT molecular complexity index is 898. The molecule has 0 fully saturated rings. The summed E-state index contributed by atoms with van der Waals surface area (Å²) < 4.78 is 43.3. The van der Waals surface area contributed by atoms with E-state index in [1.54, 1.807) is 0 Å². The van der Waals surface area contributed by atoms with Crippen molar-refractivity contribution in [3.05, 3.63) is 89.7 Å². The van der Waals surface area contributed by atoms with Gasteiger partial charge in [-0.15, -0.1) is 0 Å². The van der Waals surface area contributed by atoms with Crippen LogP contribution in [0.25, 0.3) is 0 Å². The molecule has 0 bridgehead atoms. The molecular formula is C19H12F3NO2. The third-order valence-corrected chi connectivity index (χ3v) is 3.63. The predicted octanol–water partition coefficient (Wildman–Crippen LogP) is 5.27. The summed E-state index contributed by atoms with van der Waals surface area (Å²) in [6, 6.07) is 14.2. The lowest BCUT2D eigenvalue weighted by Gasteiger charge is -2.27. The van der Waals surface area contributed by atoms with Crippen LogP contribution in [0.15, 0.2) is 66.7 Å². The summed E-state index contributed by atoms with van der Waals surface area (Å²) in [6.45, 7) is 0. The Morgan fingerprint density at radius 2 is 1.20 bits per heavy atom. The van der Waals surface area contributed by atoms with Gasteiger partial charge in [0.1, 0.15) is 17.5 Å². The van der Waals surface area contributed by atoms with E-state index < -0.39 is 34.7 Å². The molecule has 3 nitrogen and oxygen atoms in total. The first-order valence-corrected chi connectivity index (χ1v) is 7.31. The van der Waals surface area contributed by atoms with Gasteiger partial charge in [-0.25, -0.2) is 18.0 Å². The van der Waals surface area contributed by atoms with Crippen molar-refractivity contribution in [2.45, 2.75) is 0 Å². The highest BCUT2D eigenvalue weighted by molar-refractivity contribution is 5.97. The minimum atomic E-state index is -1.41. The topological polar surface area (TPSA) is 40.5 Å². The lowest BCUT2D eigenvalue weighted by molar-refractivity contribution is 0.0697. The van der Waals surface area contributed by atoms with E-state index in [1.165, 1.54) is 48.5 Å². The van der Waals surface area contributed by atoms with Crippen LogP contribution in [0.5, 0.6) is 0 Å². The molecule has 0 radical (unpaired) electrons. The van der Waals surface area contributed by atoms with Gasteiger partial charge >= 0.3 is 5.97 Å². The van der Waals surface area contributed by atoms with Crippen molar-refractivity contribution >= 4 is 23.0 Å². The molecule has 3 aromatic carbocycles. The van der Waals surface area contributed by atoms with E-state index in [-0.39, 0.29) is 11.4 Å². The van der Waals surface area contributed by atoms with Crippen LogP contribution in [0.4, 0.5) is 30.2 Å². The Balaban J connectivity index is 2.37. The summed E-state index contributed by atoms with van der Waals surface area (Å²) in [7, 11) is 0. The fourth-order valence-corrected chi connectivity index (χ4v) is 2.55. The zero-order valence-electron chi connectivity index (χ0n) is 12.8. The smallest absolute Gasteiger partial charge is 0.337 e. The zero-order chi connectivity index (χ0) is 18.0. The lowest BCUT2D eigenvalue weighted by atomic mass is 10.1. The maximum absolute atomic E-state index is 14.5. The van der Waals surface area contributed by atoms with Crippen LogP contribution in [0, 0.1) is 17.5 Å². The predicted molar refractivity (Wildman–Crippen MR) is 88.0 cm³/mol. The summed E-state index contributed by atoms with van der Waals surface area (Å²) in [5, 5.41) is 9.39. The van der Waals surface area contributed by atoms with Gasteiger partial charge < -0.3 is 10.0 Å². The van der Waals surface area contributed by atoms with Crippen molar-refractivity contribution in [2.24, 2.45) is 0 Å². The van der Waals surface area contributed by atoms with E-state index in [0.717, 1.165) is 23.1 Å². The van der Waals surface area contributed by atoms with Crippen molar-refractivity contribution in [3.8, 4) is 0 Å². The molecule has 3 rings (SSSR count). The van der Waals surface area contributed by atoms with Crippen molar-refractivity contribution < 1.29 is 23.1 Å². The van der Waals surface area contributed by atoms with Crippen molar-refractivity contribution in [2.75, 3.05) is 4.90 Å². The van der Waals surface area contributed by atoms with Crippen molar-refractivity contribution in [1.29, 1.82) is 0 Å². The molecule has 0 saturated heterocycles. The Hall–Kier alpha value is -3.28. The van der Waals surface area contributed by atoms with Crippen LogP contribution in [0.3, 0.4) is 0 Å². The van der Waals surface area contributed by atoms with Gasteiger partial charge in [0, 0.05) is 0 Å². The molecule has 25 heavy (non-hydrogen) atoms. The highest BCUT2D eigenvalue weighted by Gasteiger charge is 2.26. The third-order valence-electron chi connectivity index (χ3n) is 3.63. The van der Waals surface area contributed by atoms with Crippen LogP contribution in [0.1, 0.15) is 10.4 Å². The molecule has 3 aromatic rings. The highest BCUT2D eigenvalue weighted by atomic mass is 19.1. The minimum Gasteiger partial charge on any atom is -0.478 e. The van der Waals surface area contributed by atoms with Gasteiger partial charge in [-0.3, -0.25) is 0 Å². The Morgan fingerprint density at radius 3 is 1.68 bits per heavy atom. The summed E-state index contributed by atoms with van der Waals surface area (Å²) in [4.78, 5) is 12.5. The van der Waals surface area contributed by atoms with E-state index in [1.807, 2.05) is 0 Å². The number of aromatic carboxylic acids is 1. The van der Waals surface area contributed by atoms with E-state index in [2.05, 4.69) is 0 Å². The van der Waals surface area contributed by atoms with Gasteiger partial charge in [-0.05, 0) is 36.4 Å². The SMILES string of the molecule is O=C(O)c1cccc(F)c1N(c1ccccc1F)c1ccccc1F. The lowest BCUT2D eigenvalue weighted by Crippen LogP contribution is -2.18. The molecule has 0 spiro atoms. The molecule has 0 aliphatic rings. The average Bonchev–Trinajstić information content (AvgIpc) is 2.59. The normalized spacial score (nSPS) is 10.5. The van der Waals surface area contributed by atoms with E-state index in [9.17, 15) is 23.1 Å². The first kappa shape index (κ1) is 16.6. The maximum atomic E-state index is 14.5. The quantitative estimate of drug-likeness (QED) is 0.701. The number of hydrogen-bond donors (Lipinski definition) is 1. The van der Waals surface area contributed by atoms with E-state index in [0.29, 0.717) is 0 Å². The summed E-state index contributed by atoms with van der Waals surface area (Å²) >= 11 is 0. The molecule has 0 amide bonds. The molecule has 0 unspecified atom stereocenters. The van der Waals surface area contributed by atoms with Crippen LogP contribution >= 0.6 is 0 Å². The number of anilines is 3. The molecule has 0 aromatic heterocycles. The third kappa shape index (κ3) is 3.06. The molecule has 0 heterocycles. The number of carboxylic acid groups (broad SMARTS) is 1. The molecule has 0 atom stereocenters. The van der Waals surface area contributed by atoms with Gasteiger partial charge in [-0.1, -0.05) is 30.3 Å². The number of benzene rings is 3. The van der Waals surface area contributed by atoms with Gasteiger partial charge in [0.25, 0.3) is 0 Å². The number of nitrogens with zero attached hydrogens (tertiary/aromatic N) is 1. The largest absolute Gasteiger partial charge is 0.478 e. The molecule has 0 saturated carbocycles. The highest BCUT2D eigenvalue weighted by Crippen LogP contribution is 2.40. The second kappa shape index (κ2) is 6.68. The van der Waals surface area contributed by atoms with Crippen LogP contribution in [-0.4, -0.2) is 11.1 Å². The second-order valence-corrected chi connectivity index (χ2v) is 5.18. The summed E-state index contributed by atoms with van der Waals surface area (Å²) in [6.07, 6.45) is 0. The Morgan fingerprint density at radius 1 is 0.720 bits per heavy atom. The Labute approximate surface area is 141 Å². The molecule has 126 valence electrons. The number of rotatable bonds is 4. The molecule has 0 aliphatic carbocycles. The zero-order valence-corrected chi connectivity index (χ0v) is 12.8.